The van der Waals surface area contributed by atoms with Crippen LogP contribution < -0.4 is 5.32 Å². The van der Waals surface area contributed by atoms with Gasteiger partial charge in [0.2, 0.25) is 17.5 Å². The van der Waals surface area contributed by atoms with Crippen LogP contribution in [0, 0.1) is 0 Å². The Bertz CT molecular complexity index is 994. The molecule has 2 aliphatic rings. The van der Waals surface area contributed by atoms with Crippen molar-refractivity contribution < 1.29 is 14.4 Å². The number of halogens is 2. The minimum Gasteiger partial charge on any atom is -0.325 e. The van der Waals surface area contributed by atoms with E-state index in [1.165, 1.54) is 0 Å². The number of rotatable bonds is 1. The van der Waals surface area contributed by atoms with Gasteiger partial charge in [0.05, 0.1) is 5.70 Å². The van der Waals surface area contributed by atoms with E-state index in [2.05, 4.69) is 5.32 Å². The minimum absolute atomic E-state index is 0.0430. The lowest BCUT2D eigenvalue weighted by atomic mass is 9.75. The Labute approximate surface area is 153 Å². The summed E-state index contributed by atoms with van der Waals surface area (Å²) in [5.41, 5.74) is 2.15. The van der Waals surface area contributed by atoms with Gasteiger partial charge in [-0.3, -0.25) is 14.4 Å². The molecule has 0 radical (unpaired) electrons. The van der Waals surface area contributed by atoms with Crippen LogP contribution in [0.2, 0.25) is 10.0 Å². The van der Waals surface area contributed by atoms with Crippen LogP contribution in [0.3, 0.4) is 0 Å². The number of nitrogens with one attached hydrogen (secondary N) is 1. The van der Waals surface area contributed by atoms with E-state index in [4.69, 9.17) is 23.2 Å². The fraction of sp³-hybridized carbons (Fsp3) is 0.105. The molecule has 0 fully saturated rings. The summed E-state index contributed by atoms with van der Waals surface area (Å²) in [4.78, 5) is 37.5. The molecule has 0 saturated heterocycles. The van der Waals surface area contributed by atoms with Crippen LogP contribution in [-0.4, -0.2) is 17.5 Å². The summed E-state index contributed by atoms with van der Waals surface area (Å²) in [7, 11) is 0. The summed E-state index contributed by atoms with van der Waals surface area (Å²) < 4.78 is 0. The van der Waals surface area contributed by atoms with Crippen LogP contribution in [-0.2, 0) is 9.59 Å². The summed E-state index contributed by atoms with van der Waals surface area (Å²) in [5, 5.41) is 3.57. The van der Waals surface area contributed by atoms with Crippen molar-refractivity contribution in [3.63, 3.8) is 0 Å². The van der Waals surface area contributed by atoms with Gasteiger partial charge >= 0.3 is 0 Å². The Kier molecular flexibility index (Phi) is 3.74. The molecule has 1 atom stereocenters. The van der Waals surface area contributed by atoms with Gasteiger partial charge in [-0.05, 0) is 17.7 Å². The summed E-state index contributed by atoms with van der Waals surface area (Å²) >= 11 is 12.2. The summed E-state index contributed by atoms with van der Waals surface area (Å²) in [5.74, 6) is -1.99. The molecule has 4 nitrogen and oxygen atoms in total. The van der Waals surface area contributed by atoms with Crippen molar-refractivity contribution >= 4 is 46.4 Å². The van der Waals surface area contributed by atoms with Gasteiger partial charge in [0.25, 0.3) is 0 Å². The molecule has 6 heteroatoms. The monoisotopic (exact) mass is 371 g/mol. The van der Waals surface area contributed by atoms with Crippen LogP contribution >= 0.6 is 23.2 Å². The second kappa shape index (κ2) is 5.83. The molecule has 1 N–H and O–H groups in total. The molecule has 124 valence electrons. The second-order valence-electron chi connectivity index (χ2n) is 5.96. The van der Waals surface area contributed by atoms with E-state index in [9.17, 15) is 14.4 Å². The van der Waals surface area contributed by atoms with E-state index < -0.39 is 17.5 Å². The van der Waals surface area contributed by atoms with Crippen molar-refractivity contribution in [3.8, 4) is 0 Å². The standard InChI is InChI=1S/C19H11Cl2NO3/c20-9-5-6-10(14(21)7-9)13-8-15(23)22-17-11-3-1-2-4-12(11)18(24)19(25)16(13)17/h1-7,13H,8H2,(H,22,23). The molecule has 0 bridgehead atoms. The van der Waals surface area contributed by atoms with E-state index in [0.29, 0.717) is 32.4 Å². The third-order valence-corrected chi connectivity index (χ3v) is 5.06. The molecule has 2 aromatic rings. The highest BCUT2D eigenvalue weighted by molar-refractivity contribution is 6.53. The molecule has 25 heavy (non-hydrogen) atoms. The maximum atomic E-state index is 12.8. The first-order valence-electron chi connectivity index (χ1n) is 7.64. The third kappa shape index (κ3) is 2.49. The second-order valence-corrected chi connectivity index (χ2v) is 6.81. The summed E-state index contributed by atoms with van der Waals surface area (Å²) in [6.45, 7) is 0. The van der Waals surface area contributed by atoms with Crippen LogP contribution in [0.5, 0.6) is 0 Å². The quantitative estimate of drug-likeness (QED) is 0.775. The van der Waals surface area contributed by atoms with Crippen LogP contribution in [0.25, 0.3) is 5.70 Å². The van der Waals surface area contributed by atoms with Gasteiger partial charge in [-0.15, -0.1) is 0 Å². The van der Waals surface area contributed by atoms with Gasteiger partial charge < -0.3 is 5.32 Å². The van der Waals surface area contributed by atoms with Gasteiger partial charge in [0, 0.05) is 39.1 Å². The van der Waals surface area contributed by atoms with Crippen LogP contribution in [0.15, 0.2) is 48.0 Å². The highest BCUT2D eigenvalue weighted by atomic mass is 35.5. The van der Waals surface area contributed by atoms with Gasteiger partial charge in [-0.2, -0.15) is 0 Å². The maximum Gasteiger partial charge on any atom is 0.233 e. The van der Waals surface area contributed by atoms with Crippen molar-refractivity contribution in [3.05, 3.63) is 74.8 Å². The number of fused-ring (bicyclic) bond motifs is 2. The zero-order chi connectivity index (χ0) is 17.7. The highest BCUT2D eigenvalue weighted by Crippen LogP contribution is 2.43. The van der Waals surface area contributed by atoms with E-state index in [1.54, 1.807) is 42.5 Å². The third-order valence-electron chi connectivity index (χ3n) is 4.50. The highest BCUT2D eigenvalue weighted by Gasteiger charge is 2.41. The predicted molar refractivity (Wildman–Crippen MR) is 94.7 cm³/mol. The number of benzene rings is 2. The molecule has 0 aromatic heterocycles. The first-order chi connectivity index (χ1) is 12.0. The van der Waals surface area contributed by atoms with Crippen molar-refractivity contribution in [2.24, 2.45) is 0 Å². The Morgan fingerprint density at radius 2 is 1.64 bits per heavy atom. The number of ketones is 2. The first kappa shape index (κ1) is 16.1. The van der Waals surface area contributed by atoms with Gasteiger partial charge in [-0.1, -0.05) is 53.5 Å². The lowest BCUT2D eigenvalue weighted by molar-refractivity contribution is -0.120. The smallest absolute Gasteiger partial charge is 0.233 e. The Morgan fingerprint density at radius 1 is 0.920 bits per heavy atom. The van der Waals surface area contributed by atoms with Gasteiger partial charge in [0.15, 0.2) is 0 Å². The number of carbonyl (C=O) groups excluding carboxylic acids is 3. The van der Waals surface area contributed by atoms with E-state index in [-0.39, 0.29) is 17.9 Å². The lowest BCUT2D eigenvalue weighted by Crippen LogP contribution is -2.39. The average molecular weight is 372 g/mol. The molecule has 1 unspecified atom stereocenters. The van der Waals surface area contributed by atoms with Crippen molar-refractivity contribution in [1.29, 1.82) is 0 Å². The molecule has 0 spiro atoms. The lowest BCUT2D eigenvalue weighted by Gasteiger charge is -2.32. The number of allylic oxidation sites excluding steroid dienone is 1. The largest absolute Gasteiger partial charge is 0.325 e. The average Bonchev–Trinajstić information content (AvgIpc) is 2.59. The predicted octanol–water partition coefficient (Wildman–Crippen LogP) is 3.77. The molecule has 0 saturated carbocycles. The Balaban J connectivity index is 1.97. The molecule has 2 aromatic carbocycles. The van der Waals surface area contributed by atoms with E-state index >= 15 is 0 Å². The Hall–Kier alpha value is -2.43. The molecular weight excluding hydrogens is 361 g/mol. The van der Waals surface area contributed by atoms with E-state index in [0.717, 1.165) is 0 Å². The molecule has 4 rings (SSSR count). The number of hydrogen-bond donors (Lipinski definition) is 1. The number of hydrogen-bond acceptors (Lipinski definition) is 3. The number of carbonyl (C=O) groups is 3. The van der Waals surface area contributed by atoms with Crippen molar-refractivity contribution in [2.45, 2.75) is 12.3 Å². The minimum atomic E-state index is -0.607. The molecule has 1 aliphatic heterocycles. The molecule has 1 aliphatic carbocycles. The van der Waals surface area contributed by atoms with E-state index in [1.807, 2.05) is 0 Å². The number of Topliss-reactive ketones (excluding diaryl/α,β-unsaturated/α-hetero) is 2. The first-order valence-corrected chi connectivity index (χ1v) is 8.40. The van der Waals surface area contributed by atoms with Gasteiger partial charge in [0.1, 0.15) is 0 Å². The zero-order valence-electron chi connectivity index (χ0n) is 12.8. The van der Waals surface area contributed by atoms with Crippen LogP contribution in [0.1, 0.15) is 33.8 Å². The SMILES string of the molecule is O=C1CC(c2ccc(Cl)cc2Cl)C2=C(N1)c1ccccc1C(=O)C2=O. The molecule has 1 amide bonds. The molecular formula is C19H11Cl2NO3. The fourth-order valence-electron chi connectivity index (χ4n) is 3.40. The summed E-state index contributed by atoms with van der Waals surface area (Å²) in [6, 6.07) is 11.7. The Morgan fingerprint density at radius 3 is 2.36 bits per heavy atom. The fourth-order valence-corrected chi connectivity index (χ4v) is 3.94. The number of amides is 1. The zero-order valence-corrected chi connectivity index (χ0v) is 14.3. The van der Waals surface area contributed by atoms with Crippen LogP contribution in [0.4, 0.5) is 0 Å². The van der Waals surface area contributed by atoms with Crippen molar-refractivity contribution in [2.75, 3.05) is 0 Å². The topological polar surface area (TPSA) is 63.2 Å². The maximum absolute atomic E-state index is 12.8. The van der Waals surface area contributed by atoms with Gasteiger partial charge in [-0.25, -0.2) is 0 Å². The van der Waals surface area contributed by atoms with Crippen molar-refractivity contribution in [1.82, 2.24) is 5.32 Å². The molecule has 1 heterocycles. The summed E-state index contributed by atoms with van der Waals surface area (Å²) in [6.07, 6.45) is 0.0430. The normalized spacial score (nSPS) is 19.4.